The average molecular weight is 239 g/mol. The van der Waals surface area contributed by atoms with Crippen molar-refractivity contribution in [2.45, 2.75) is 39.2 Å². The molecule has 2 aliphatic rings. The van der Waals surface area contributed by atoms with Crippen LogP contribution in [0.2, 0.25) is 0 Å². The normalized spacial score (nSPS) is 26.4. The van der Waals surface area contributed by atoms with Gasteiger partial charge in [0.1, 0.15) is 0 Å². The second kappa shape index (κ2) is 5.83. The van der Waals surface area contributed by atoms with Gasteiger partial charge in [-0.2, -0.15) is 0 Å². The van der Waals surface area contributed by atoms with Crippen LogP contribution < -0.4 is 5.32 Å². The van der Waals surface area contributed by atoms with E-state index < -0.39 is 0 Å². The average Bonchev–Trinajstić information content (AvgIpc) is 2.89. The van der Waals surface area contributed by atoms with Crippen molar-refractivity contribution >= 4 is 5.91 Å². The molecule has 1 unspecified atom stereocenters. The summed E-state index contributed by atoms with van der Waals surface area (Å²) in [6.45, 7) is 9.50. The molecule has 1 atom stereocenters. The highest BCUT2D eigenvalue weighted by Gasteiger charge is 2.32. The third-order valence-electron chi connectivity index (χ3n) is 3.85. The first-order chi connectivity index (χ1) is 8.18. The van der Waals surface area contributed by atoms with Crippen LogP contribution in [0.1, 0.15) is 33.1 Å². The van der Waals surface area contributed by atoms with Gasteiger partial charge >= 0.3 is 0 Å². The molecule has 0 radical (unpaired) electrons. The second-order valence-corrected chi connectivity index (χ2v) is 5.59. The third kappa shape index (κ3) is 3.19. The van der Waals surface area contributed by atoms with E-state index in [1.807, 2.05) is 4.90 Å². The molecule has 0 aliphatic carbocycles. The Bertz CT molecular complexity index is 261. The Morgan fingerprint density at radius 1 is 1.29 bits per heavy atom. The number of nitrogens with zero attached hydrogens (tertiary/aromatic N) is 2. The molecule has 2 heterocycles. The first-order valence-electron chi connectivity index (χ1n) is 6.93. The van der Waals surface area contributed by atoms with Gasteiger partial charge in [0.25, 0.3) is 0 Å². The van der Waals surface area contributed by atoms with Gasteiger partial charge in [-0.05, 0) is 44.8 Å². The van der Waals surface area contributed by atoms with Crippen molar-refractivity contribution in [3.8, 4) is 0 Å². The van der Waals surface area contributed by atoms with Gasteiger partial charge in [0.05, 0.1) is 12.7 Å². The molecule has 2 aliphatic heterocycles. The second-order valence-electron chi connectivity index (χ2n) is 5.59. The van der Waals surface area contributed by atoms with Crippen LogP contribution in [0.15, 0.2) is 0 Å². The number of likely N-dealkylation sites (tertiary alicyclic amines) is 1. The molecule has 0 bridgehead atoms. The minimum Gasteiger partial charge on any atom is -0.328 e. The summed E-state index contributed by atoms with van der Waals surface area (Å²) in [5.41, 5.74) is 0. The lowest BCUT2D eigenvalue weighted by Gasteiger charge is -2.19. The van der Waals surface area contributed by atoms with Gasteiger partial charge in [0, 0.05) is 6.54 Å². The Kier molecular flexibility index (Phi) is 4.40. The number of rotatable bonds is 5. The lowest BCUT2D eigenvalue weighted by Crippen LogP contribution is -2.35. The van der Waals surface area contributed by atoms with Gasteiger partial charge in [0.2, 0.25) is 5.91 Å². The Morgan fingerprint density at radius 3 is 2.59 bits per heavy atom. The summed E-state index contributed by atoms with van der Waals surface area (Å²) in [6.07, 6.45) is 3.80. The van der Waals surface area contributed by atoms with Crippen LogP contribution in [0.25, 0.3) is 0 Å². The third-order valence-corrected chi connectivity index (χ3v) is 3.85. The Morgan fingerprint density at radius 2 is 2.00 bits per heavy atom. The van der Waals surface area contributed by atoms with Gasteiger partial charge in [-0.3, -0.25) is 10.1 Å². The summed E-state index contributed by atoms with van der Waals surface area (Å²) in [5, 5.41) is 3.30. The summed E-state index contributed by atoms with van der Waals surface area (Å²) < 4.78 is 0. The van der Waals surface area contributed by atoms with Crippen LogP contribution in [0.3, 0.4) is 0 Å². The van der Waals surface area contributed by atoms with Crippen LogP contribution in [-0.2, 0) is 4.79 Å². The van der Waals surface area contributed by atoms with Gasteiger partial charge in [0.15, 0.2) is 0 Å². The van der Waals surface area contributed by atoms with E-state index in [2.05, 4.69) is 24.1 Å². The number of carbonyl (C=O) groups is 1. The summed E-state index contributed by atoms with van der Waals surface area (Å²) in [4.78, 5) is 16.5. The molecule has 0 aromatic heterocycles. The number of hydrogen-bond acceptors (Lipinski definition) is 3. The SMILES string of the molecule is CC(C)C1NCN(CCCN2CCCC2)C1=O. The zero-order valence-corrected chi connectivity index (χ0v) is 11.1. The Hall–Kier alpha value is -0.610. The molecule has 2 rings (SSSR count). The monoisotopic (exact) mass is 239 g/mol. The number of amides is 1. The lowest BCUT2D eigenvalue weighted by atomic mass is 10.1. The first-order valence-corrected chi connectivity index (χ1v) is 6.93. The number of nitrogens with one attached hydrogen (secondary N) is 1. The Labute approximate surface area is 104 Å². The molecule has 1 amide bonds. The van der Waals surface area contributed by atoms with E-state index in [0.717, 1.165) is 26.2 Å². The minimum absolute atomic E-state index is 0.0433. The highest BCUT2D eigenvalue weighted by molar-refractivity contribution is 5.83. The van der Waals surface area contributed by atoms with Crippen molar-refractivity contribution in [2.24, 2.45) is 5.92 Å². The molecule has 1 N–H and O–H groups in total. The molecule has 0 aromatic rings. The van der Waals surface area contributed by atoms with Crippen molar-refractivity contribution in [2.75, 3.05) is 32.8 Å². The van der Waals surface area contributed by atoms with Crippen molar-refractivity contribution in [3.05, 3.63) is 0 Å². The fourth-order valence-corrected chi connectivity index (χ4v) is 2.77. The molecule has 4 heteroatoms. The minimum atomic E-state index is 0.0433. The van der Waals surface area contributed by atoms with E-state index in [1.54, 1.807) is 0 Å². The van der Waals surface area contributed by atoms with Gasteiger partial charge in [-0.1, -0.05) is 13.8 Å². The van der Waals surface area contributed by atoms with Crippen LogP contribution >= 0.6 is 0 Å². The standard InChI is InChI=1S/C13H25N3O/c1-11(2)12-13(17)16(10-14-12)9-5-8-15-6-3-4-7-15/h11-12,14H,3-10H2,1-2H3. The number of carbonyl (C=O) groups excluding carboxylic acids is 1. The maximum atomic E-state index is 12.0. The highest BCUT2D eigenvalue weighted by atomic mass is 16.2. The van der Waals surface area contributed by atoms with Crippen molar-refractivity contribution in [1.82, 2.24) is 15.1 Å². The largest absolute Gasteiger partial charge is 0.328 e. The van der Waals surface area contributed by atoms with Gasteiger partial charge < -0.3 is 9.80 Å². The summed E-state index contributed by atoms with van der Waals surface area (Å²) >= 11 is 0. The molecule has 98 valence electrons. The van der Waals surface area contributed by atoms with Crippen LogP contribution in [0.5, 0.6) is 0 Å². The molecule has 0 spiro atoms. The zero-order chi connectivity index (χ0) is 12.3. The molecule has 2 saturated heterocycles. The fraction of sp³-hybridized carbons (Fsp3) is 0.923. The topological polar surface area (TPSA) is 35.6 Å². The fourth-order valence-electron chi connectivity index (χ4n) is 2.77. The van der Waals surface area contributed by atoms with Crippen molar-refractivity contribution < 1.29 is 4.79 Å². The van der Waals surface area contributed by atoms with Crippen molar-refractivity contribution in [3.63, 3.8) is 0 Å². The highest BCUT2D eigenvalue weighted by Crippen LogP contribution is 2.13. The quantitative estimate of drug-likeness (QED) is 0.774. The zero-order valence-electron chi connectivity index (χ0n) is 11.1. The smallest absolute Gasteiger partial charge is 0.241 e. The van der Waals surface area contributed by atoms with E-state index >= 15 is 0 Å². The van der Waals surface area contributed by atoms with E-state index in [0.29, 0.717) is 11.8 Å². The lowest BCUT2D eigenvalue weighted by molar-refractivity contribution is -0.129. The molecule has 4 nitrogen and oxygen atoms in total. The van der Waals surface area contributed by atoms with Gasteiger partial charge in [-0.15, -0.1) is 0 Å². The van der Waals surface area contributed by atoms with Crippen LogP contribution in [0.4, 0.5) is 0 Å². The first kappa shape index (κ1) is 12.8. The molecule has 17 heavy (non-hydrogen) atoms. The van der Waals surface area contributed by atoms with Gasteiger partial charge in [-0.25, -0.2) is 0 Å². The van der Waals surface area contributed by atoms with Crippen LogP contribution in [0, 0.1) is 5.92 Å². The predicted molar refractivity (Wildman–Crippen MR) is 68.6 cm³/mol. The van der Waals surface area contributed by atoms with E-state index in [-0.39, 0.29) is 6.04 Å². The Balaban J connectivity index is 1.67. The maximum Gasteiger partial charge on any atom is 0.241 e. The van der Waals surface area contributed by atoms with Crippen molar-refractivity contribution in [1.29, 1.82) is 0 Å². The number of hydrogen-bond donors (Lipinski definition) is 1. The molecule has 0 saturated carbocycles. The molecular formula is C13H25N3O. The maximum absolute atomic E-state index is 12.0. The van der Waals surface area contributed by atoms with E-state index in [9.17, 15) is 4.79 Å². The summed E-state index contributed by atoms with van der Waals surface area (Å²) in [6, 6.07) is 0.0433. The van der Waals surface area contributed by atoms with E-state index in [1.165, 1.54) is 25.9 Å². The van der Waals surface area contributed by atoms with Crippen LogP contribution in [-0.4, -0.2) is 54.6 Å². The summed E-state index contributed by atoms with van der Waals surface area (Å²) in [7, 11) is 0. The van der Waals surface area contributed by atoms with E-state index in [4.69, 9.17) is 0 Å². The molecular weight excluding hydrogens is 214 g/mol. The molecule has 2 fully saturated rings. The molecule has 0 aromatic carbocycles. The predicted octanol–water partition coefficient (Wildman–Crippen LogP) is 0.886. The summed E-state index contributed by atoms with van der Waals surface area (Å²) in [5.74, 6) is 0.688.